The van der Waals surface area contributed by atoms with Gasteiger partial charge in [0.1, 0.15) is 6.04 Å². The van der Waals surface area contributed by atoms with Gasteiger partial charge in [0.15, 0.2) is 10.3 Å². The molecule has 2 aromatic rings. The van der Waals surface area contributed by atoms with Crippen molar-refractivity contribution in [3.63, 3.8) is 0 Å². The van der Waals surface area contributed by atoms with Crippen molar-refractivity contribution in [2.24, 2.45) is 5.92 Å². The summed E-state index contributed by atoms with van der Waals surface area (Å²) in [5.41, 5.74) is 0. The van der Waals surface area contributed by atoms with E-state index in [2.05, 4.69) is 20.8 Å². The van der Waals surface area contributed by atoms with Gasteiger partial charge in [0.25, 0.3) is 5.91 Å². The quantitative estimate of drug-likeness (QED) is 0.840. The molecule has 7 nitrogen and oxygen atoms in total. The average molecular weight is 343 g/mol. The van der Waals surface area contributed by atoms with Gasteiger partial charge in [-0.25, -0.2) is 4.98 Å². The minimum atomic E-state index is -0.708. The molecule has 118 valence electrons. The molecule has 2 N–H and O–H groups in total. The molecule has 1 atom stereocenters. The Morgan fingerprint density at radius 2 is 2.23 bits per heavy atom. The highest BCUT2D eigenvalue weighted by Gasteiger charge is 2.24. The Morgan fingerprint density at radius 3 is 2.77 bits per heavy atom. The third-order valence-corrected chi connectivity index (χ3v) is 3.56. The average Bonchev–Trinajstić information content (AvgIpc) is 3.08. The number of nitrogens with one attached hydrogen (secondary N) is 2. The van der Waals surface area contributed by atoms with Crippen LogP contribution in [0.15, 0.2) is 22.2 Å². The molecule has 2 rings (SSSR count). The van der Waals surface area contributed by atoms with Gasteiger partial charge < -0.3 is 15.2 Å². The molecule has 2 heterocycles. The van der Waals surface area contributed by atoms with E-state index < -0.39 is 11.9 Å². The molecular formula is C13H15ClN4O3S. The lowest BCUT2D eigenvalue weighted by Gasteiger charge is -2.18. The first-order valence-corrected chi connectivity index (χ1v) is 7.85. The first kappa shape index (κ1) is 16.4. The third kappa shape index (κ3) is 4.54. The van der Waals surface area contributed by atoms with Crippen molar-refractivity contribution in [3.8, 4) is 0 Å². The van der Waals surface area contributed by atoms with Crippen LogP contribution in [0.25, 0.3) is 0 Å². The van der Waals surface area contributed by atoms with Crippen LogP contribution in [-0.2, 0) is 4.79 Å². The summed E-state index contributed by atoms with van der Waals surface area (Å²) in [6.45, 7) is 3.92. The molecule has 0 bridgehead atoms. The van der Waals surface area contributed by atoms with Crippen molar-refractivity contribution < 1.29 is 14.1 Å². The first-order valence-electron chi connectivity index (χ1n) is 6.59. The minimum Gasteiger partial charge on any atom is -0.349 e. The number of amides is 2. The van der Waals surface area contributed by atoms with Gasteiger partial charge in [-0.15, -0.1) is 11.3 Å². The number of aromatic nitrogens is 2. The molecule has 0 saturated heterocycles. The number of hydrogen-bond acceptors (Lipinski definition) is 6. The second kappa shape index (κ2) is 7.37. The predicted octanol–water partition coefficient (Wildman–Crippen LogP) is 2.57. The number of hydrogen-bond donors (Lipinski definition) is 2. The van der Waals surface area contributed by atoms with Crippen LogP contribution < -0.4 is 10.6 Å². The van der Waals surface area contributed by atoms with E-state index in [1.54, 1.807) is 11.6 Å². The van der Waals surface area contributed by atoms with E-state index >= 15 is 0 Å². The third-order valence-electron chi connectivity index (χ3n) is 2.70. The summed E-state index contributed by atoms with van der Waals surface area (Å²) in [6.07, 6.45) is 2.07. The van der Waals surface area contributed by atoms with Crippen LogP contribution in [0.1, 0.15) is 30.8 Å². The monoisotopic (exact) mass is 342 g/mol. The SMILES string of the molecule is CC(C)CC(NC(=O)c1cc(Cl)no1)C(=O)Nc1nccs1. The molecule has 0 aliphatic heterocycles. The molecule has 0 fully saturated rings. The van der Waals surface area contributed by atoms with Gasteiger partial charge in [-0.2, -0.15) is 0 Å². The maximum Gasteiger partial charge on any atom is 0.290 e. The number of anilines is 1. The number of rotatable bonds is 6. The van der Waals surface area contributed by atoms with Crippen molar-refractivity contribution >= 4 is 39.9 Å². The number of carbonyl (C=O) groups excluding carboxylic acids is 2. The first-order chi connectivity index (χ1) is 10.5. The van der Waals surface area contributed by atoms with Gasteiger partial charge in [0.05, 0.1) is 0 Å². The van der Waals surface area contributed by atoms with Gasteiger partial charge in [-0.05, 0) is 12.3 Å². The number of halogens is 1. The maximum absolute atomic E-state index is 12.3. The second-order valence-corrected chi connectivity index (χ2v) is 6.28. The van der Waals surface area contributed by atoms with Crippen LogP contribution in [0.5, 0.6) is 0 Å². The minimum absolute atomic E-state index is 0.0409. The lowest BCUT2D eigenvalue weighted by atomic mass is 10.0. The highest BCUT2D eigenvalue weighted by atomic mass is 35.5. The Bertz CT molecular complexity index is 642. The van der Waals surface area contributed by atoms with Gasteiger partial charge in [0.2, 0.25) is 11.7 Å². The van der Waals surface area contributed by atoms with E-state index in [-0.39, 0.29) is 22.7 Å². The molecule has 0 aliphatic rings. The second-order valence-electron chi connectivity index (χ2n) is 5.00. The Labute approximate surface area is 136 Å². The highest BCUT2D eigenvalue weighted by molar-refractivity contribution is 7.13. The van der Waals surface area contributed by atoms with Crippen LogP contribution in [0.3, 0.4) is 0 Å². The summed E-state index contributed by atoms with van der Waals surface area (Å²) in [5.74, 6) is -0.701. The molecule has 2 aromatic heterocycles. The van der Waals surface area contributed by atoms with Gasteiger partial charge in [-0.1, -0.05) is 30.6 Å². The van der Waals surface area contributed by atoms with E-state index in [1.165, 1.54) is 17.4 Å². The molecule has 2 amide bonds. The summed E-state index contributed by atoms with van der Waals surface area (Å²) in [7, 11) is 0. The van der Waals surface area contributed by atoms with Crippen LogP contribution in [0, 0.1) is 5.92 Å². The standard InChI is InChI=1S/C13H15ClN4O3S/c1-7(2)5-8(11(19)17-13-15-3-4-22-13)16-12(20)9-6-10(14)18-21-9/h3-4,6-8H,5H2,1-2H3,(H,16,20)(H,15,17,19). The van der Waals surface area contributed by atoms with E-state index in [0.717, 1.165) is 0 Å². The Hall–Kier alpha value is -1.93. The van der Waals surface area contributed by atoms with E-state index in [4.69, 9.17) is 16.1 Å². The van der Waals surface area contributed by atoms with Crippen LogP contribution in [-0.4, -0.2) is 28.0 Å². The zero-order chi connectivity index (χ0) is 16.1. The fourth-order valence-corrected chi connectivity index (χ4v) is 2.44. The van der Waals surface area contributed by atoms with Crippen molar-refractivity contribution in [2.45, 2.75) is 26.3 Å². The number of carbonyl (C=O) groups is 2. The van der Waals surface area contributed by atoms with Crippen LogP contribution in [0.2, 0.25) is 5.15 Å². The largest absolute Gasteiger partial charge is 0.349 e. The van der Waals surface area contributed by atoms with Crippen molar-refractivity contribution in [1.29, 1.82) is 0 Å². The fraction of sp³-hybridized carbons (Fsp3) is 0.385. The smallest absolute Gasteiger partial charge is 0.290 e. The topological polar surface area (TPSA) is 97.1 Å². The Morgan fingerprint density at radius 1 is 1.45 bits per heavy atom. The number of thiazole rings is 1. The van der Waals surface area contributed by atoms with E-state index in [0.29, 0.717) is 11.6 Å². The van der Waals surface area contributed by atoms with Gasteiger partial charge >= 0.3 is 0 Å². The maximum atomic E-state index is 12.3. The molecular weight excluding hydrogens is 328 g/mol. The highest BCUT2D eigenvalue weighted by Crippen LogP contribution is 2.14. The summed E-state index contributed by atoms with van der Waals surface area (Å²) in [5, 5.41) is 11.0. The van der Waals surface area contributed by atoms with Crippen molar-refractivity contribution in [1.82, 2.24) is 15.5 Å². The summed E-state index contributed by atoms with van der Waals surface area (Å²) in [6, 6.07) is 0.586. The summed E-state index contributed by atoms with van der Waals surface area (Å²) < 4.78 is 4.78. The fourth-order valence-electron chi connectivity index (χ4n) is 1.77. The molecule has 0 aliphatic carbocycles. The molecule has 0 aromatic carbocycles. The van der Waals surface area contributed by atoms with Gasteiger partial charge in [0, 0.05) is 17.6 Å². The molecule has 9 heteroatoms. The zero-order valence-electron chi connectivity index (χ0n) is 12.0. The predicted molar refractivity (Wildman–Crippen MR) is 83.0 cm³/mol. The Balaban J connectivity index is 2.05. The van der Waals surface area contributed by atoms with E-state index in [9.17, 15) is 9.59 Å². The zero-order valence-corrected chi connectivity index (χ0v) is 13.6. The summed E-state index contributed by atoms with van der Waals surface area (Å²) >= 11 is 6.92. The summed E-state index contributed by atoms with van der Waals surface area (Å²) in [4.78, 5) is 28.3. The number of nitrogens with zero attached hydrogens (tertiary/aromatic N) is 2. The molecule has 22 heavy (non-hydrogen) atoms. The van der Waals surface area contributed by atoms with Crippen molar-refractivity contribution in [2.75, 3.05) is 5.32 Å². The normalized spacial score (nSPS) is 12.2. The van der Waals surface area contributed by atoms with Gasteiger partial charge in [-0.3, -0.25) is 9.59 Å². The lowest BCUT2D eigenvalue weighted by Crippen LogP contribution is -2.44. The molecule has 0 spiro atoms. The lowest BCUT2D eigenvalue weighted by molar-refractivity contribution is -0.118. The molecule has 0 saturated carbocycles. The molecule has 1 unspecified atom stereocenters. The molecule has 0 radical (unpaired) electrons. The van der Waals surface area contributed by atoms with Crippen LogP contribution in [0.4, 0.5) is 5.13 Å². The van der Waals surface area contributed by atoms with E-state index in [1.807, 2.05) is 13.8 Å². The van der Waals surface area contributed by atoms with Crippen LogP contribution >= 0.6 is 22.9 Å². The van der Waals surface area contributed by atoms with Crippen molar-refractivity contribution in [3.05, 3.63) is 28.6 Å². The Kier molecular flexibility index (Phi) is 5.51.